The summed E-state index contributed by atoms with van der Waals surface area (Å²) in [5.41, 5.74) is 0.779. The van der Waals surface area contributed by atoms with E-state index in [9.17, 15) is 8.42 Å². The van der Waals surface area contributed by atoms with Crippen molar-refractivity contribution in [1.29, 1.82) is 0 Å². The van der Waals surface area contributed by atoms with Crippen LogP contribution in [0.15, 0.2) is 23.1 Å². The lowest BCUT2D eigenvalue weighted by Crippen LogP contribution is -2.24. The van der Waals surface area contributed by atoms with E-state index in [0.717, 1.165) is 25.1 Å². The van der Waals surface area contributed by atoms with Gasteiger partial charge in [0.1, 0.15) is 5.75 Å². The van der Waals surface area contributed by atoms with Gasteiger partial charge < -0.3 is 10.1 Å². The quantitative estimate of drug-likeness (QED) is 0.739. The fourth-order valence-electron chi connectivity index (χ4n) is 1.85. The third-order valence-electron chi connectivity index (χ3n) is 3.02. The van der Waals surface area contributed by atoms with Crippen molar-refractivity contribution in [2.45, 2.75) is 24.7 Å². The molecule has 5 nitrogen and oxygen atoms in total. The summed E-state index contributed by atoms with van der Waals surface area (Å²) in [6, 6.07) is 5.09. The first-order valence-electron chi connectivity index (χ1n) is 6.73. The number of rotatable bonds is 8. The molecule has 6 heteroatoms. The second-order valence-corrected chi connectivity index (χ2v) is 6.88. The zero-order valence-corrected chi connectivity index (χ0v) is 13.5. The van der Waals surface area contributed by atoms with Crippen LogP contribution < -0.4 is 10.1 Å². The van der Waals surface area contributed by atoms with Crippen LogP contribution in [0.3, 0.4) is 0 Å². The van der Waals surface area contributed by atoms with Crippen molar-refractivity contribution in [3.05, 3.63) is 23.8 Å². The number of methoxy groups -OCH3 is 1. The first-order valence-corrected chi connectivity index (χ1v) is 8.17. The topological polar surface area (TPSA) is 58.6 Å². The van der Waals surface area contributed by atoms with E-state index in [1.807, 2.05) is 0 Å². The minimum absolute atomic E-state index is 0.349. The molecule has 0 radical (unpaired) electrons. The molecule has 0 amide bonds. The third-order valence-corrected chi connectivity index (χ3v) is 4.94. The summed E-state index contributed by atoms with van der Waals surface area (Å²) in [6.07, 6.45) is 1.71. The maximum Gasteiger partial charge on any atom is 0.242 e. The Labute approximate surface area is 122 Å². The molecule has 0 unspecified atom stereocenters. The van der Waals surface area contributed by atoms with Gasteiger partial charge in [0.15, 0.2) is 0 Å². The minimum atomic E-state index is -3.43. The van der Waals surface area contributed by atoms with Gasteiger partial charge in [-0.2, -0.15) is 0 Å². The van der Waals surface area contributed by atoms with Gasteiger partial charge >= 0.3 is 0 Å². The molecular formula is C14H24N2O3S. The molecular weight excluding hydrogens is 276 g/mol. The van der Waals surface area contributed by atoms with Crippen molar-refractivity contribution in [2.24, 2.45) is 0 Å². The predicted octanol–water partition coefficient (Wildman–Crippen LogP) is 1.49. The number of nitrogens with one attached hydrogen (secondary N) is 1. The molecule has 0 fully saturated rings. The van der Waals surface area contributed by atoms with Crippen LogP contribution in [0.2, 0.25) is 0 Å². The number of ether oxygens (including phenoxy) is 1. The summed E-state index contributed by atoms with van der Waals surface area (Å²) >= 11 is 0. The van der Waals surface area contributed by atoms with Crippen molar-refractivity contribution < 1.29 is 13.2 Å². The molecule has 1 N–H and O–H groups in total. The van der Waals surface area contributed by atoms with Crippen LogP contribution in [-0.4, -0.2) is 47.0 Å². The molecule has 0 saturated carbocycles. The number of benzene rings is 1. The Balaban J connectivity index is 3.04. The Bertz CT molecular complexity index is 527. The van der Waals surface area contributed by atoms with Crippen molar-refractivity contribution in [2.75, 3.05) is 34.3 Å². The minimum Gasteiger partial charge on any atom is -0.497 e. The molecule has 114 valence electrons. The van der Waals surface area contributed by atoms with E-state index in [4.69, 9.17) is 4.74 Å². The first kappa shape index (κ1) is 16.9. The molecule has 0 spiro atoms. The van der Waals surface area contributed by atoms with Crippen molar-refractivity contribution in [3.8, 4) is 5.75 Å². The molecule has 20 heavy (non-hydrogen) atoms. The molecule has 0 aliphatic rings. The van der Waals surface area contributed by atoms with Crippen LogP contribution in [0.25, 0.3) is 0 Å². The summed E-state index contributed by atoms with van der Waals surface area (Å²) in [5.74, 6) is 0.674. The lowest BCUT2D eigenvalue weighted by Gasteiger charge is -2.16. The average Bonchev–Trinajstić information content (AvgIpc) is 2.43. The normalized spacial score (nSPS) is 11.8. The van der Waals surface area contributed by atoms with E-state index in [2.05, 4.69) is 12.2 Å². The zero-order valence-electron chi connectivity index (χ0n) is 12.6. The summed E-state index contributed by atoms with van der Waals surface area (Å²) in [4.78, 5) is 0.349. The van der Waals surface area contributed by atoms with Gasteiger partial charge in [-0.3, -0.25) is 0 Å². The van der Waals surface area contributed by atoms with Crippen molar-refractivity contribution in [1.82, 2.24) is 9.62 Å². The molecule has 0 heterocycles. The molecule has 1 rings (SSSR count). The maximum atomic E-state index is 12.3. The Kier molecular flexibility index (Phi) is 6.45. The lowest BCUT2D eigenvalue weighted by molar-refractivity contribution is 0.413. The predicted molar refractivity (Wildman–Crippen MR) is 80.7 cm³/mol. The second kappa shape index (κ2) is 7.61. The Morgan fingerprint density at radius 3 is 2.50 bits per heavy atom. The van der Waals surface area contributed by atoms with Crippen LogP contribution in [0.4, 0.5) is 0 Å². The van der Waals surface area contributed by atoms with E-state index in [-0.39, 0.29) is 0 Å². The molecule has 0 atom stereocenters. The molecule has 1 aromatic rings. The van der Waals surface area contributed by atoms with Crippen LogP contribution >= 0.6 is 0 Å². The van der Waals surface area contributed by atoms with Crippen LogP contribution in [0.5, 0.6) is 5.75 Å². The average molecular weight is 300 g/mol. The number of hydrogen-bond acceptors (Lipinski definition) is 4. The van der Waals surface area contributed by atoms with Gasteiger partial charge in [0.2, 0.25) is 10.0 Å². The van der Waals surface area contributed by atoms with Gasteiger partial charge in [0.25, 0.3) is 0 Å². The highest BCUT2D eigenvalue weighted by molar-refractivity contribution is 7.89. The Morgan fingerprint density at radius 2 is 1.95 bits per heavy atom. The number of hydrogen-bond donors (Lipinski definition) is 1. The molecule has 0 aliphatic heterocycles. The highest BCUT2D eigenvalue weighted by Crippen LogP contribution is 2.24. The SMILES string of the molecule is CCCNCCc1cc(OC)ccc1S(=O)(=O)N(C)C. The van der Waals surface area contributed by atoms with Crippen LogP contribution in [-0.2, 0) is 16.4 Å². The molecule has 0 aromatic heterocycles. The lowest BCUT2D eigenvalue weighted by atomic mass is 10.1. The van der Waals surface area contributed by atoms with E-state index in [1.165, 1.54) is 4.31 Å². The number of sulfonamides is 1. The summed E-state index contributed by atoms with van der Waals surface area (Å²) in [6.45, 7) is 3.77. The largest absolute Gasteiger partial charge is 0.497 e. The first-order chi connectivity index (χ1) is 9.43. The van der Waals surface area contributed by atoms with Gasteiger partial charge in [-0.15, -0.1) is 0 Å². The van der Waals surface area contributed by atoms with Crippen LogP contribution in [0, 0.1) is 0 Å². The fraction of sp³-hybridized carbons (Fsp3) is 0.571. The summed E-state index contributed by atoms with van der Waals surface area (Å²) in [5, 5.41) is 3.28. The molecule has 1 aromatic carbocycles. The molecule has 0 saturated heterocycles. The van der Waals surface area contributed by atoms with Crippen LogP contribution in [0.1, 0.15) is 18.9 Å². The van der Waals surface area contributed by atoms with E-state index in [1.54, 1.807) is 39.4 Å². The zero-order chi connectivity index (χ0) is 15.2. The number of nitrogens with zero attached hydrogens (tertiary/aromatic N) is 1. The molecule has 0 bridgehead atoms. The smallest absolute Gasteiger partial charge is 0.242 e. The summed E-state index contributed by atoms with van der Waals surface area (Å²) in [7, 11) is 1.23. The van der Waals surface area contributed by atoms with Gasteiger partial charge in [0.05, 0.1) is 12.0 Å². The van der Waals surface area contributed by atoms with Gasteiger partial charge in [-0.1, -0.05) is 6.92 Å². The van der Waals surface area contributed by atoms with Gasteiger partial charge in [0, 0.05) is 14.1 Å². The standard InChI is InChI=1S/C14H24N2O3S/c1-5-9-15-10-8-12-11-13(19-4)6-7-14(12)20(17,18)16(2)3/h6-7,11,15H,5,8-10H2,1-4H3. The van der Waals surface area contributed by atoms with E-state index < -0.39 is 10.0 Å². The highest BCUT2D eigenvalue weighted by atomic mass is 32.2. The van der Waals surface area contributed by atoms with Crippen molar-refractivity contribution in [3.63, 3.8) is 0 Å². The summed E-state index contributed by atoms with van der Waals surface area (Å²) < 4.78 is 31.0. The third kappa shape index (κ3) is 4.19. The highest BCUT2D eigenvalue weighted by Gasteiger charge is 2.21. The monoisotopic (exact) mass is 300 g/mol. The fourth-order valence-corrected chi connectivity index (χ4v) is 2.98. The van der Waals surface area contributed by atoms with Gasteiger partial charge in [-0.25, -0.2) is 12.7 Å². The second-order valence-electron chi connectivity index (χ2n) is 4.76. The Hall–Kier alpha value is -1.11. The molecule has 0 aliphatic carbocycles. The van der Waals surface area contributed by atoms with E-state index in [0.29, 0.717) is 17.1 Å². The van der Waals surface area contributed by atoms with E-state index >= 15 is 0 Å². The maximum absolute atomic E-state index is 12.3. The van der Waals surface area contributed by atoms with Gasteiger partial charge in [-0.05, 0) is 49.7 Å². The van der Waals surface area contributed by atoms with Crippen molar-refractivity contribution >= 4 is 10.0 Å². The Morgan fingerprint density at radius 1 is 1.25 bits per heavy atom.